The highest BCUT2D eigenvalue weighted by molar-refractivity contribution is 7.85. The Balaban J connectivity index is 3.17. The van der Waals surface area contributed by atoms with E-state index in [4.69, 9.17) is 4.55 Å². The maximum atomic E-state index is 11.6. The van der Waals surface area contributed by atoms with Gasteiger partial charge in [-0.2, -0.15) is 8.42 Å². The number of nitrogens with one attached hydrogen (secondary N) is 1. The third-order valence-corrected chi connectivity index (χ3v) is 3.48. The fraction of sp³-hybridized carbons (Fsp3) is 0.231. The number of carbonyl (C=O) groups excluding carboxylic acids is 2. The first-order valence-electron chi connectivity index (χ1n) is 5.92. The van der Waals surface area contributed by atoms with Crippen LogP contribution in [0.25, 0.3) is 0 Å². The van der Waals surface area contributed by atoms with E-state index in [2.05, 4.69) is 14.8 Å². The summed E-state index contributed by atoms with van der Waals surface area (Å²) in [5.41, 5.74) is 0.597. The van der Waals surface area contributed by atoms with Crippen LogP contribution in [0.15, 0.2) is 34.9 Å². The van der Waals surface area contributed by atoms with Gasteiger partial charge in [-0.1, -0.05) is 0 Å². The van der Waals surface area contributed by atoms with E-state index in [1.54, 1.807) is 6.92 Å². The lowest BCUT2D eigenvalue weighted by Gasteiger charge is -2.12. The molecule has 0 saturated carbocycles. The zero-order valence-electron chi connectivity index (χ0n) is 12.1. The molecule has 0 atom stereocenters. The van der Waals surface area contributed by atoms with E-state index in [0.717, 1.165) is 26.4 Å². The molecule has 0 aliphatic rings. The highest BCUT2D eigenvalue weighted by Gasteiger charge is 2.15. The summed E-state index contributed by atoms with van der Waals surface area (Å²) >= 11 is 0. The number of esters is 2. The fourth-order valence-electron chi connectivity index (χ4n) is 1.51. The Hall–Kier alpha value is -2.39. The van der Waals surface area contributed by atoms with Crippen molar-refractivity contribution in [2.24, 2.45) is 0 Å². The van der Waals surface area contributed by atoms with E-state index >= 15 is 0 Å². The van der Waals surface area contributed by atoms with Crippen molar-refractivity contribution in [3.63, 3.8) is 0 Å². The minimum Gasteiger partial charge on any atom is -0.466 e. The standard InChI is InChI=1S/C13H15NO7S/c1-8-6-9(22(17,18)19)4-5-10(8)14-11(13(16)21-3)7-12(15)20-2/h4-7,14H,1-3H3,(H,17,18,19)/b11-7+. The van der Waals surface area contributed by atoms with Gasteiger partial charge in [-0.25, -0.2) is 9.59 Å². The average Bonchev–Trinajstić information content (AvgIpc) is 2.46. The quantitative estimate of drug-likeness (QED) is 0.464. The van der Waals surface area contributed by atoms with Crippen molar-refractivity contribution in [2.45, 2.75) is 11.8 Å². The van der Waals surface area contributed by atoms with Crippen molar-refractivity contribution in [1.82, 2.24) is 0 Å². The number of aryl methyl sites for hydroxylation is 1. The van der Waals surface area contributed by atoms with Gasteiger partial charge in [-0.15, -0.1) is 0 Å². The molecule has 0 aliphatic carbocycles. The fourth-order valence-corrected chi connectivity index (χ4v) is 2.08. The lowest BCUT2D eigenvalue weighted by molar-refractivity contribution is -0.138. The normalized spacial score (nSPS) is 11.7. The van der Waals surface area contributed by atoms with Crippen LogP contribution in [0, 0.1) is 6.92 Å². The minimum absolute atomic E-state index is 0.183. The number of rotatable bonds is 5. The second-order valence-corrected chi connectivity index (χ2v) is 5.57. The molecule has 0 spiro atoms. The van der Waals surface area contributed by atoms with E-state index < -0.39 is 22.1 Å². The predicted molar refractivity (Wildman–Crippen MR) is 76.7 cm³/mol. The highest BCUT2D eigenvalue weighted by atomic mass is 32.2. The molecular formula is C13H15NO7S. The monoisotopic (exact) mass is 329 g/mol. The maximum Gasteiger partial charge on any atom is 0.354 e. The molecule has 22 heavy (non-hydrogen) atoms. The molecule has 9 heteroatoms. The summed E-state index contributed by atoms with van der Waals surface area (Å²) in [6.07, 6.45) is 0.905. The van der Waals surface area contributed by atoms with E-state index in [-0.39, 0.29) is 10.6 Å². The van der Waals surface area contributed by atoms with Gasteiger partial charge in [0.05, 0.1) is 25.2 Å². The van der Waals surface area contributed by atoms with Crippen LogP contribution < -0.4 is 5.32 Å². The second kappa shape index (κ2) is 7.05. The third kappa shape index (κ3) is 4.57. The van der Waals surface area contributed by atoms with Crippen molar-refractivity contribution in [2.75, 3.05) is 19.5 Å². The van der Waals surface area contributed by atoms with E-state index in [1.807, 2.05) is 0 Å². The topological polar surface area (TPSA) is 119 Å². The van der Waals surface area contributed by atoms with Gasteiger partial charge in [-0.05, 0) is 30.7 Å². The van der Waals surface area contributed by atoms with Gasteiger partial charge < -0.3 is 14.8 Å². The first-order chi connectivity index (χ1) is 10.2. The summed E-state index contributed by atoms with van der Waals surface area (Å²) in [6, 6.07) is 3.70. The Labute approximate surface area is 127 Å². The first-order valence-corrected chi connectivity index (χ1v) is 7.36. The Bertz CT molecular complexity index is 722. The van der Waals surface area contributed by atoms with Crippen LogP contribution in [-0.4, -0.2) is 39.1 Å². The van der Waals surface area contributed by atoms with E-state index in [0.29, 0.717) is 11.3 Å². The summed E-state index contributed by atoms with van der Waals surface area (Å²) < 4.78 is 40.0. The molecule has 8 nitrogen and oxygen atoms in total. The number of methoxy groups -OCH3 is 2. The zero-order valence-corrected chi connectivity index (χ0v) is 12.9. The minimum atomic E-state index is -4.32. The predicted octanol–water partition coefficient (Wildman–Crippen LogP) is 0.884. The van der Waals surface area contributed by atoms with Crippen molar-refractivity contribution in [3.05, 3.63) is 35.5 Å². The lowest BCUT2D eigenvalue weighted by atomic mass is 10.2. The van der Waals surface area contributed by atoms with Crippen molar-refractivity contribution >= 4 is 27.7 Å². The average molecular weight is 329 g/mol. The molecule has 1 rings (SSSR count). The largest absolute Gasteiger partial charge is 0.466 e. The second-order valence-electron chi connectivity index (χ2n) is 4.15. The Kier molecular flexibility index (Phi) is 5.66. The molecule has 1 aromatic carbocycles. The molecular weight excluding hydrogens is 314 g/mol. The summed E-state index contributed by atoms with van der Waals surface area (Å²) in [5, 5.41) is 2.65. The number of carbonyl (C=O) groups is 2. The summed E-state index contributed by atoms with van der Waals surface area (Å²) in [4.78, 5) is 22.6. The van der Waals surface area contributed by atoms with Crippen LogP contribution in [0.4, 0.5) is 5.69 Å². The van der Waals surface area contributed by atoms with Gasteiger partial charge in [0.15, 0.2) is 0 Å². The molecule has 0 saturated heterocycles. The molecule has 0 aromatic heterocycles. The van der Waals surface area contributed by atoms with Gasteiger partial charge in [0.1, 0.15) is 5.70 Å². The van der Waals surface area contributed by atoms with Gasteiger partial charge >= 0.3 is 11.9 Å². The molecule has 2 N–H and O–H groups in total. The summed E-state index contributed by atoms with van der Waals surface area (Å²) in [5.74, 6) is -1.57. The molecule has 0 amide bonds. The number of anilines is 1. The number of hydrogen-bond donors (Lipinski definition) is 2. The molecule has 0 fully saturated rings. The van der Waals surface area contributed by atoms with Gasteiger partial charge in [0.25, 0.3) is 10.1 Å². The number of ether oxygens (including phenoxy) is 2. The highest BCUT2D eigenvalue weighted by Crippen LogP contribution is 2.21. The Morgan fingerprint density at radius 1 is 1.23 bits per heavy atom. The first kappa shape index (κ1) is 17.7. The van der Waals surface area contributed by atoms with Gasteiger partial charge in [0.2, 0.25) is 0 Å². The molecule has 0 bridgehead atoms. The van der Waals surface area contributed by atoms with Crippen molar-refractivity contribution in [3.8, 4) is 0 Å². The zero-order chi connectivity index (χ0) is 16.9. The third-order valence-electron chi connectivity index (χ3n) is 2.63. The Morgan fingerprint density at radius 2 is 1.86 bits per heavy atom. The molecule has 0 unspecified atom stereocenters. The van der Waals surface area contributed by atoms with Crippen LogP contribution in [-0.2, 0) is 29.2 Å². The van der Waals surface area contributed by atoms with Crippen LogP contribution >= 0.6 is 0 Å². The molecule has 0 radical (unpaired) electrons. The lowest BCUT2D eigenvalue weighted by Crippen LogP contribution is -2.16. The van der Waals surface area contributed by atoms with Gasteiger partial charge in [-0.3, -0.25) is 4.55 Å². The van der Waals surface area contributed by atoms with Crippen LogP contribution in [0.1, 0.15) is 5.56 Å². The van der Waals surface area contributed by atoms with Crippen LogP contribution in [0.3, 0.4) is 0 Å². The van der Waals surface area contributed by atoms with Crippen molar-refractivity contribution in [1.29, 1.82) is 0 Å². The maximum absolute atomic E-state index is 11.6. The summed E-state index contributed by atoms with van der Waals surface area (Å²) in [6.45, 7) is 1.56. The van der Waals surface area contributed by atoms with Crippen LogP contribution in [0.5, 0.6) is 0 Å². The van der Waals surface area contributed by atoms with E-state index in [9.17, 15) is 18.0 Å². The van der Waals surface area contributed by atoms with Crippen molar-refractivity contribution < 1.29 is 32.0 Å². The molecule has 1 aromatic rings. The molecule has 120 valence electrons. The molecule has 0 heterocycles. The Morgan fingerprint density at radius 3 is 2.32 bits per heavy atom. The smallest absolute Gasteiger partial charge is 0.354 e. The van der Waals surface area contributed by atoms with Gasteiger partial charge in [0, 0.05) is 5.69 Å². The summed E-state index contributed by atoms with van der Waals surface area (Å²) in [7, 11) is -2.03. The molecule has 0 aliphatic heterocycles. The number of benzene rings is 1. The van der Waals surface area contributed by atoms with E-state index in [1.165, 1.54) is 12.1 Å². The van der Waals surface area contributed by atoms with Crippen LogP contribution in [0.2, 0.25) is 0 Å². The number of hydrogen-bond acceptors (Lipinski definition) is 7. The SMILES string of the molecule is COC(=O)/C=C(/Nc1ccc(S(=O)(=O)O)cc1C)C(=O)OC.